The molecule has 0 spiro atoms. The number of hydrogen-bond donors (Lipinski definition) is 2. The molecule has 0 aromatic heterocycles. The van der Waals surface area contributed by atoms with Gasteiger partial charge in [0.05, 0.1) is 31.0 Å². The van der Waals surface area contributed by atoms with Crippen molar-refractivity contribution >= 4 is 11.9 Å². The summed E-state index contributed by atoms with van der Waals surface area (Å²) in [5.41, 5.74) is -1.12. The molecule has 1 heterocycles. The number of carbonyl (C=O) groups excluding carboxylic acids is 2. The van der Waals surface area contributed by atoms with Gasteiger partial charge in [0.15, 0.2) is 0 Å². The van der Waals surface area contributed by atoms with Crippen LogP contribution in [0.25, 0.3) is 0 Å². The Morgan fingerprint density at radius 3 is 0.886 bits per heavy atom. The van der Waals surface area contributed by atoms with E-state index in [1.54, 1.807) is 0 Å². The standard InChI is InChI=1S/C64H122O6/c1-2-3-4-5-6-7-8-9-10-11-12-13-14-15-16-17-18-19-20-21-22-23-24-25-26-27-28-29-30-31-32-33-34-35-36-37-38-39-40-41-42-43-44-45-46-47-48-49-50-51-52-53-54-55-61-56-62(67)69-59-64(57-65,58-66)60-70-63(61)68/h35-36,61,65-66H,2-34,37-60H2,1H3/b36-35+. The molecule has 0 aliphatic carbocycles. The molecule has 70 heavy (non-hydrogen) atoms. The van der Waals surface area contributed by atoms with E-state index in [0.29, 0.717) is 6.42 Å². The van der Waals surface area contributed by atoms with Crippen LogP contribution in [-0.2, 0) is 19.1 Å². The van der Waals surface area contributed by atoms with Gasteiger partial charge in [0.1, 0.15) is 13.2 Å². The lowest BCUT2D eigenvalue weighted by Crippen LogP contribution is -2.40. The molecule has 0 aromatic carbocycles. The predicted octanol–water partition coefficient (Wildman–Crippen LogP) is 19.9. The zero-order valence-corrected chi connectivity index (χ0v) is 47.1. The minimum atomic E-state index is -1.12. The molecule has 6 heteroatoms. The first-order valence-electron chi connectivity index (χ1n) is 31.8. The lowest BCUT2D eigenvalue weighted by Gasteiger charge is -2.27. The molecule has 1 atom stereocenters. The van der Waals surface area contributed by atoms with Crippen LogP contribution >= 0.6 is 0 Å². The molecule has 6 nitrogen and oxygen atoms in total. The summed E-state index contributed by atoms with van der Waals surface area (Å²) in [6.45, 7) is 1.21. The Hall–Kier alpha value is -1.40. The number of aliphatic hydroxyl groups is 2. The molecule has 1 unspecified atom stereocenters. The van der Waals surface area contributed by atoms with Crippen molar-refractivity contribution in [1.82, 2.24) is 0 Å². The van der Waals surface area contributed by atoms with Crippen LogP contribution in [0.3, 0.4) is 0 Å². The van der Waals surface area contributed by atoms with E-state index in [1.807, 2.05) is 0 Å². The third-order valence-electron chi connectivity index (χ3n) is 15.8. The highest BCUT2D eigenvalue weighted by Crippen LogP contribution is 2.25. The minimum Gasteiger partial charge on any atom is -0.465 e. The van der Waals surface area contributed by atoms with Gasteiger partial charge in [-0.2, -0.15) is 0 Å². The van der Waals surface area contributed by atoms with E-state index in [4.69, 9.17) is 9.47 Å². The van der Waals surface area contributed by atoms with Gasteiger partial charge in [-0.1, -0.05) is 321 Å². The summed E-state index contributed by atoms with van der Waals surface area (Å²) in [5.74, 6) is -1.40. The highest BCUT2D eigenvalue weighted by molar-refractivity contribution is 5.80. The number of rotatable bonds is 55. The van der Waals surface area contributed by atoms with Gasteiger partial charge in [-0.25, -0.2) is 0 Å². The van der Waals surface area contributed by atoms with Crippen molar-refractivity contribution in [3.05, 3.63) is 12.2 Å². The number of esters is 2. The Labute approximate surface area is 436 Å². The van der Waals surface area contributed by atoms with Gasteiger partial charge < -0.3 is 19.7 Å². The van der Waals surface area contributed by atoms with E-state index in [1.165, 1.54) is 308 Å². The van der Waals surface area contributed by atoms with Crippen molar-refractivity contribution in [3.8, 4) is 0 Å². The third-order valence-corrected chi connectivity index (χ3v) is 15.8. The van der Waals surface area contributed by atoms with Gasteiger partial charge in [0.2, 0.25) is 0 Å². The number of allylic oxidation sites excluding steroid dienone is 2. The summed E-state index contributed by atoms with van der Waals surface area (Å²) in [4.78, 5) is 24.7. The fraction of sp³-hybridized carbons (Fsp3) is 0.938. The van der Waals surface area contributed by atoms with Crippen molar-refractivity contribution in [2.24, 2.45) is 11.3 Å². The topological polar surface area (TPSA) is 93.1 Å². The normalized spacial score (nSPS) is 15.3. The van der Waals surface area contributed by atoms with E-state index in [2.05, 4.69) is 19.1 Å². The number of cyclic esters (lactones) is 2. The lowest BCUT2D eigenvalue weighted by atomic mass is 9.92. The largest absolute Gasteiger partial charge is 0.465 e. The van der Waals surface area contributed by atoms with Crippen LogP contribution in [-0.4, -0.2) is 48.6 Å². The molecule has 2 N–H and O–H groups in total. The van der Waals surface area contributed by atoms with Crippen LogP contribution in [0.15, 0.2) is 12.2 Å². The van der Waals surface area contributed by atoms with Crippen LogP contribution in [0.4, 0.5) is 0 Å². The van der Waals surface area contributed by atoms with Crippen LogP contribution < -0.4 is 0 Å². The van der Waals surface area contributed by atoms with E-state index in [0.717, 1.165) is 19.3 Å². The van der Waals surface area contributed by atoms with Crippen LogP contribution in [0.1, 0.15) is 347 Å². The average Bonchev–Trinajstić information content (AvgIpc) is 3.43. The summed E-state index contributed by atoms with van der Waals surface area (Å²) in [6.07, 6.45) is 77.2. The predicted molar refractivity (Wildman–Crippen MR) is 302 cm³/mol. The molecule has 1 saturated heterocycles. The number of carbonyl (C=O) groups is 2. The second-order valence-corrected chi connectivity index (χ2v) is 22.8. The molecule has 1 aliphatic rings. The maximum atomic E-state index is 12.5. The number of aliphatic hydroxyl groups excluding tert-OH is 2. The second-order valence-electron chi connectivity index (χ2n) is 22.8. The molecule has 1 rings (SSSR count). The summed E-state index contributed by atoms with van der Waals surface area (Å²) in [7, 11) is 0. The van der Waals surface area contributed by atoms with Gasteiger partial charge in [0, 0.05) is 0 Å². The first-order valence-corrected chi connectivity index (χ1v) is 31.8. The lowest BCUT2D eigenvalue weighted by molar-refractivity contribution is -0.155. The fourth-order valence-electron chi connectivity index (χ4n) is 10.6. The van der Waals surface area contributed by atoms with E-state index < -0.39 is 36.5 Å². The zero-order chi connectivity index (χ0) is 50.4. The molecule has 0 bridgehead atoms. The Morgan fingerprint density at radius 1 is 0.371 bits per heavy atom. The zero-order valence-electron chi connectivity index (χ0n) is 47.1. The molecular weight excluding hydrogens is 865 g/mol. The highest BCUT2D eigenvalue weighted by atomic mass is 16.6. The van der Waals surface area contributed by atoms with Gasteiger partial charge >= 0.3 is 11.9 Å². The molecule has 1 aliphatic heterocycles. The van der Waals surface area contributed by atoms with E-state index >= 15 is 0 Å². The van der Waals surface area contributed by atoms with Crippen LogP contribution in [0.2, 0.25) is 0 Å². The molecule has 414 valence electrons. The maximum absolute atomic E-state index is 12.5. The summed E-state index contributed by atoms with van der Waals surface area (Å²) in [6, 6.07) is 0. The van der Waals surface area contributed by atoms with Crippen molar-refractivity contribution in [2.75, 3.05) is 26.4 Å². The van der Waals surface area contributed by atoms with Gasteiger partial charge in [-0.15, -0.1) is 0 Å². The monoisotopic (exact) mass is 987 g/mol. The van der Waals surface area contributed by atoms with E-state index in [9.17, 15) is 19.8 Å². The Kier molecular flexibility index (Phi) is 51.3. The van der Waals surface area contributed by atoms with Gasteiger partial charge in [-0.05, 0) is 32.1 Å². The molecular formula is C64H122O6. The molecule has 1 fully saturated rings. The first kappa shape index (κ1) is 66.6. The Morgan fingerprint density at radius 2 is 0.614 bits per heavy atom. The van der Waals surface area contributed by atoms with Crippen molar-refractivity contribution in [3.63, 3.8) is 0 Å². The average molecular weight is 988 g/mol. The SMILES string of the molecule is CCCCCCCCCCCCCCCCCCCCCCCCCCCCCCCCCC/C=C/CCCCCCCCCCCCCCCCCCCC1CC(=O)OCC(CO)(CO)COC1=O. The smallest absolute Gasteiger partial charge is 0.309 e. The molecule has 0 saturated carbocycles. The number of ether oxygens (including phenoxy) is 2. The molecule has 0 radical (unpaired) electrons. The maximum Gasteiger partial charge on any atom is 0.309 e. The Balaban J connectivity index is 1.69. The third kappa shape index (κ3) is 45.2. The summed E-state index contributed by atoms with van der Waals surface area (Å²) >= 11 is 0. The quantitative estimate of drug-likeness (QED) is 0.0358. The first-order chi connectivity index (χ1) is 34.6. The van der Waals surface area contributed by atoms with Crippen molar-refractivity contribution < 1.29 is 29.3 Å². The second kappa shape index (κ2) is 53.9. The molecule has 0 aromatic rings. The molecule has 0 amide bonds. The number of unbranched alkanes of at least 4 members (excludes halogenated alkanes) is 49. The van der Waals surface area contributed by atoms with Crippen molar-refractivity contribution in [2.45, 2.75) is 347 Å². The minimum absolute atomic E-state index is 0.00359. The fourth-order valence-corrected chi connectivity index (χ4v) is 10.6. The highest BCUT2D eigenvalue weighted by Gasteiger charge is 2.36. The van der Waals surface area contributed by atoms with E-state index in [-0.39, 0.29) is 19.6 Å². The van der Waals surface area contributed by atoms with Gasteiger partial charge in [0.25, 0.3) is 0 Å². The summed E-state index contributed by atoms with van der Waals surface area (Å²) < 4.78 is 10.6. The van der Waals surface area contributed by atoms with Gasteiger partial charge in [-0.3, -0.25) is 9.59 Å². The summed E-state index contributed by atoms with van der Waals surface area (Å²) in [5, 5.41) is 19.2. The van der Waals surface area contributed by atoms with Crippen molar-refractivity contribution in [1.29, 1.82) is 0 Å². The number of hydrogen-bond acceptors (Lipinski definition) is 6. The van der Waals surface area contributed by atoms with Crippen LogP contribution in [0, 0.1) is 11.3 Å². The van der Waals surface area contributed by atoms with Crippen LogP contribution in [0.5, 0.6) is 0 Å². The Bertz CT molecular complexity index is 1100.